The summed E-state index contributed by atoms with van der Waals surface area (Å²) in [6.45, 7) is 6.23. The molecule has 17 heavy (non-hydrogen) atoms. The van der Waals surface area contributed by atoms with E-state index in [4.69, 9.17) is 0 Å². The Labute approximate surface area is 101 Å². The summed E-state index contributed by atoms with van der Waals surface area (Å²) in [5, 5.41) is 11.8. The minimum Gasteiger partial charge on any atom is -0.312 e. The molecule has 4 nitrogen and oxygen atoms in total. The van der Waals surface area contributed by atoms with Crippen molar-refractivity contribution in [2.45, 2.75) is 19.9 Å². The minimum absolute atomic E-state index is 0.473. The first kappa shape index (κ1) is 10.5. The van der Waals surface area contributed by atoms with Crippen molar-refractivity contribution < 1.29 is 0 Å². The highest BCUT2D eigenvalue weighted by Crippen LogP contribution is 2.25. The largest absolute Gasteiger partial charge is 0.312 e. The fraction of sp³-hybridized carbons (Fsp3) is 0.385. The average molecular weight is 228 g/mol. The Kier molecular flexibility index (Phi) is 2.44. The molecule has 0 unspecified atom stereocenters. The molecule has 0 aliphatic carbocycles. The summed E-state index contributed by atoms with van der Waals surface area (Å²) in [5.41, 5.74) is 4.70. The van der Waals surface area contributed by atoms with E-state index in [9.17, 15) is 0 Å². The minimum atomic E-state index is 0.473. The zero-order valence-corrected chi connectivity index (χ0v) is 10.1. The molecule has 1 N–H and O–H groups in total. The monoisotopic (exact) mass is 228 g/mol. The predicted molar refractivity (Wildman–Crippen MR) is 66.8 cm³/mol. The van der Waals surface area contributed by atoms with E-state index in [0.717, 1.165) is 18.8 Å². The molecule has 1 aromatic carbocycles. The molecule has 4 heteroatoms. The normalized spacial score (nSPS) is 15.9. The van der Waals surface area contributed by atoms with Crippen LogP contribution in [0.3, 0.4) is 0 Å². The molecule has 1 saturated heterocycles. The summed E-state index contributed by atoms with van der Waals surface area (Å²) in [5.74, 6) is 0. The van der Waals surface area contributed by atoms with E-state index in [-0.39, 0.29) is 0 Å². The molecule has 0 radical (unpaired) electrons. The van der Waals surface area contributed by atoms with E-state index >= 15 is 0 Å². The fourth-order valence-corrected chi connectivity index (χ4v) is 2.25. The highest BCUT2D eigenvalue weighted by Gasteiger charge is 2.20. The summed E-state index contributed by atoms with van der Waals surface area (Å²) in [6.07, 6.45) is 2.06. The van der Waals surface area contributed by atoms with Gasteiger partial charge in [0.2, 0.25) is 0 Å². The maximum atomic E-state index is 4.30. The van der Waals surface area contributed by atoms with E-state index < -0.39 is 0 Å². The van der Waals surface area contributed by atoms with E-state index in [1.54, 1.807) is 0 Å². The van der Waals surface area contributed by atoms with Gasteiger partial charge in [-0.15, -0.1) is 5.10 Å². The van der Waals surface area contributed by atoms with Crippen LogP contribution < -0.4 is 5.32 Å². The molecule has 0 saturated carbocycles. The molecule has 2 heterocycles. The van der Waals surface area contributed by atoms with Crippen LogP contribution in [0.15, 0.2) is 24.4 Å². The quantitative estimate of drug-likeness (QED) is 0.851. The van der Waals surface area contributed by atoms with E-state index in [0.29, 0.717) is 6.04 Å². The lowest BCUT2D eigenvalue weighted by molar-refractivity contribution is 0.313. The van der Waals surface area contributed by atoms with Crippen molar-refractivity contribution in [2.75, 3.05) is 13.1 Å². The van der Waals surface area contributed by atoms with Crippen LogP contribution in [0, 0.1) is 13.8 Å². The average Bonchev–Trinajstić information content (AvgIpc) is 2.64. The second-order valence-electron chi connectivity index (χ2n) is 4.66. The van der Waals surface area contributed by atoms with Gasteiger partial charge in [0.25, 0.3) is 0 Å². The maximum Gasteiger partial charge on any atom is 0.113 e. The molecule has 0 amide bonds. The number of rotatable bonds is 2. The molecule has 88 valence electrons. The lowest BCUT2D eigenvalue weighted by atomic mass is 10.0. The molecule has 1 aliphatic heterocycles. The summed E-state index contributed by atoms with van der Waals surface area (Å²) in [4.78, 5) is 0. The molecule has 0 bridgehead atoms. The topological polar surface area (TPSA) is 42.7 Å². The Hall–Kier alpha value is -1.68. The molecule has 1 aromatic heterocycles. The van der Waals surface area contributed by atoms with Gasteiger partial charge in [0.05, 0.1) is 12.2 Å². The van der Waals surface area contributed by atoms with Crippen molar-refractivity contribution in [2.24, 2.45) is 0 Å². The molecule has 1 fully saturated rings. The Bertz CT molecular complexity index is 520. The third kappa shape index (κ3) is 1.74. The van der Waals surface area contributed by atoms with Gasteiger partial charge in [0.1, 0.15) is 5.69 Å². The van der Waals surface area contributed by atoms with Crippen LogP contribution in [0.25, 0.3) is 11.3 Å². The van der Waals surface area contributed by atoms with Gasteiger partial charge in [-0.25, -0.2) is 4.68 Å². The Balaban J connectivity index is 2.00. The lowest BCUT2D eigenvalue weighted by Gasteiger charge is -2.26. The highest BCUT2D eigenvalue weighted by atomic mass is 15.4. The first-order chi connectivity index (χ1) is 8.25. The van der Waals surface area contributed by atoms with Crippen molar-refractivity contribution in [1.82, 2.24) is 20.3 Å². The number of benzene rings is 1. The van der Waals surface area contributed by atoms with Crippen LogP contribution >= 0.6 is 0 Å². The van der Waals surface area contributed by atoms with Gasteiger partial charge >= 0.3 is 0 Å². The van der Waals surface area contributed by atoms with E-state index in [2.05, 4.69) is 53.9 Å². The van der Waals surface area contributed by atoms with Crippen LogP contribution in [-0.4, -0.2) is 28.1 Å². The SMILES string of the molecule is Cc1cccc(C)c1-c1cn(C2CNC2)nn1. The smallest absolute Gasteiger partial charge is 0.113 e. The molecular formula is C13H16N4. The third-order valence-corrected chi connectivity index (χ3v) is 3.38. The van der Waals surface area contributed by atoms with Gasteiger partial charge < -0.3 is 5.32 Å². The third-order valence-electron chi connectivity index (χ3n) is 3.38. The highest BCUT2D eigenvalue weighted by molar-refractivity contribution is 5.66. The van der Waals surface area contributed by atoms with Crippen LogP contribution in [0.1, 0.15) is 17.2 Å². The number of nitrogens with one attached hydrogen (secondary N) is 1. The summed E-state index contributed by atoms with van der Waals surface area (Å²) < 4.78 is 1.97. The van der Waals surface area contributed by atoms with Crippen LogP contribution in [0.2, 0.25) is 0 Å². The van der Waals surface area contributed by atoms with E-state index in [1.807, 2.05) is 4.68 Å². The molecule has 3 rings (SSSR count). The second-order valence-corrected chi connectivity index (χ2v) is 4.66. The Morgan fingerprint density at radius 1 is 1.24 bits per heavy atom. The van der Waals surface area contributed by atoms with Crippen LogP contribution in [0.4, 0.5) is 0 Å². The van der Waals surface area contributed by atoms with Crippen molar-refractivity contribution in [1.29, 1.82) is 0 Å². The van der Waals surface area contributed by atoms with Crippen LogP contribution in [0.5, 0.6) is 0 Å². The standard InChI is InChI=1S/C13H16N4/c1-9-4-3-5-10(2)13(9)12-8-17(16-15-12)11-6-14-7-11/h3-5,8,11,14H,6-7H2,1-2H3. The summed E-state index contributed by atoms with van der Waals surface area (Å²) in [6, 6.07) is 6.79. The van der Waals surface area contributed by atoms with Gasteiger partial charge in [-0.1, -0.05) is 23.4 Å². The first-order valence-corrected chi connectivity index (χ1v) is 5.95. The van der Waals surface area contributed by atoms with Crippen molar-refractivity contribution in [3.63, 3.8) is 0 Å². The summed E-state index contributed by atoms with van der Waals surface area (Å²) >= 11 is 0. The zero-order chi connectivity index (χ0) is 11.8. The number of nitrogens with zero attached hydrogens (tertiary/aromatic N) is 3. The van der Waals surface area contributed by atoms with Gasteiger partial charge in [-0.2, -0.15) is 0 Å². The molecular weight excluding hydrogens is 212 g/mol. The first-order valence-electron chi connectivity index (χ1n) is 5.95. The second kappa shape index (κ2) is 3.96. The van der Waals surface area contributed by atoms with Gasteiger partial charge in [0.15, 0.2) is 0 Å². The number of hydrogen-bond donors (Lipinski definition) is 1. The van der Waals surface area contributed by atoms with E-state index in [1.165, 1.54) is 16.7 Å². The Morgan fingerprint density at radius 2 is 1.94 bits per heavy atom. The zero-order valence-electron chi connectivity index (χ0n) is 10.1. The van der Waals surface area contributed by atoms with Crippen LogP contribution in [-0.2, 0) is 0 Å². The molecule has 2 aromatic rings. The fourth-order valence-electron chi connectivity index (χ4n) is 2.25. The number of hydrogen-bond acceptors (Lipinski definition) is 3. The lowest BCUT2D eigenvalue weighted by Crippen LogP contribution is -2.43. The predicted octanol–water partition coefficient (Wildman–Crippen LogP) is 1.71. The number of aryl methyl sites for hydroxylation is 2. The van der Waals surface area contributed by atoms with Gasteiger partial charge in [-0.05, 0) is 25.0 Å². The van der Waals surface area contributed by atoms with Crippen molar-refractivity contribution >= 4 is 0 Å². The summed E-state index contributed by atoms with van der Waals surface area (Å²) in [7, 11) is 0. The number of aromatic nitrogens is 3. The van der Waals surface area contributed by atoms with Crippen molar-refractivity contribution in [3.05, 3.63) is 35.5 Å². The molecule has 0 spiro atoms. The van der Waals surface area contributed by atoms with Gasteiger partial charge in [-0.3, -0.25) is 0 Å². The Morgan fingerprint density at radius 3 is 2.53 bits per heavy atom. The maximum absolute atomic E-state index is 4.30. The molecule has 0 atom stereocenters. The van der Waals surface area contributed by atoms with Crippen molar-refractivity contribution in [3.8, 4) is 11.3 Å². The van der Waals surface area contributed by atoms with Gasteiger partial charge in [0, 0.05) is 18.7 Å². The molecule has 1 aliphatic rings.